The smallest absolute Gasteiger partial charge is 0.326 e. The molecule has 0 fully saturated rings. The fourth-order valence-corrected chi connectivity index (χ4v) is 2.66. The maximum atomic E-state index is 12.3. The fraction of sp³-hybridized carbons (Fsp3) is 0.722. The molecule has 1 unspecified atom stereocenters. The van der Waals surface area contributed by atoms with Crippen LogP contribution in [0.15, 0.2) is 0 Å². The number of amides is 2. The summed E-state index contributed by atoms with van der Waals surface area (Å²) in [4.78, 5) is 56.8. The van der Waals surface area contributed by atoms with Crippen molar-refractivity contribution in [1.29, 1.82) is 0 Å². The Morgan fingerprint density at radius 2 is 1.61 bits per heavy atom. The predicted octanol–water partition coefficient (Wildman–Crippen LogP) is 0.0413. The number of hydrogen-bond donors (Lipinski definition) is 5. The molecule has 0 aromatic heterocycles. The molecular formula is C18H31N3O7. The summed E-state index contributed by atoms with van der Waals surface area (Å²) >= 11 is 0. The molecule has 6 N–H and O–H groups in total. The summed E-state index contributed by atoms with van der Waals surface area (Å²) in [5, 5.41) is 22.5. The van der Waals surface area contributed by atoms with Crippen LogP contribution in [0.5, 0.6) is 0 Å². The summed E-state index contributed by atoms with van der Waals surface area (Å²) in [6.07, 6.45) is 2.18. The third kappa shape index (κ3) is 12.0. The third-order valence-electron chi connectivity index (χ3n) is 4.29. The van der Waals surface area contributed by atoms with Crippen LogP contribution in [0, 0.1) is 5.92 Å². The van der Waals surface area contributed by atoms with Gasteiger partial charge in [-0.1, -0.05) is 6.92 Å². The SMILES string of the molecule is CCC(CCCC(=O)NCCCC(=O)O)C(=O)CC[C@H](NC(=O)CN)C(=O)O. The van der Waals surface area contributed by atoms with E-state index in [0.29, 0.717) is 32.2 Å². The lowest BCUT2D eigenvalue weighted by Gasteiger charge is -2.17. The Labute approximate surface area is 164 Å². The summed E-state index contributed by atoms with van der Waals surface area (Å²) in [7, 11) is 0. The Bertz CT molecular complexity index is 551. The molecule has 160 valence electrons. The number of carboxylic acid groups (broad SMARTS) is 2. The predicted molar refractivity (Wildman–Crippen MR) is 100 cm³/mol. The second-order valence-corrected chi connectivity index (χ2v) is 6.51. The van der Waals surface area contributed by atoms with E-state index in [0.717, 1.165) is 0 Å². The van der Waals surface area contributed by atoms with E-state index in [-0.39, 0.29) is 49.8 Å². The van der Waals surface area contributed by atoms with Crippen molar-refractivity contribution in [3.05, 3.63) is 0 Å². The van der Waals surface area contributed by atoms with E-state index in [9.17, 15) is 24.0 Å². The van der Waals surface area contributed by atoms with E-state index < -0.39 is 23.9 Å². The number of carbonyl (C=O) groups is 5. The van der Waals surface area contributed by atoms with Gasteiger partial charge < -0.3 is 26.6 Å². The molecule has 0 aliphatic carbocycles. The average molecular weight is 401 g/mol. The second kappa shape index (κ2) is 14.6. The van der Waals surface area contributed by atoms with Crippen LogP contribution in [0.3, 0.4) is 0 Å². The number of Topliss-reactive ketones (excluding diaryl/α,β-unsaturated/α-hetero) is 1. The molecule has 0 aliphatic rings. The first kappa shape index (κ1) is 25.5. The normalized spacial score (nSPS) is 12.6. The molecule has 2 atom stereocenters. The minimum absolute atomic E-state index is 0.00420. The molecule has 0 aliphatic heterocycles. The monoisotopic (exact) mass is 401 g/mol. The van der Waals surface area contributed by atoms with Crippen LogP contribution in [0.1, 0.15) is 58.3 Å². The number of aliphatic carboxylic acids is 2. The number of ketones is 1. The summed E-state index contributed by atoms with van der Waals surface area (Å²) in [6, 6.07) is -1.16. The van der Waals surface area contributed by atoms with Crippen molar-refractivity contribution in [2.45, 2.75) is 64.3 Å². The Hall–Kier alpha value is -2.49. The Kier molecular flexibility index (Phi) is 13.3. The van der Waals surface area contributed by atoms with E-state index >= 15 is 0 Å². The maximum absolute atomic E-state index is 12.3. The summed E-state index contributed by atoms with van der Waals surface area (Å²) < 4.78 is 0. The van der Waals surface area contributed by atoms with Crippen molar-refractivity contribution in [1.82, 2.24) is 10.6 Å². The van der Waals surface area contributed by atoms with Gasteiger partial charge in [-0.15, -0.1) is 0 Å². The molecule has 0 aromatic carbocycles. The lowest BCUT2D eigenvalue weighted by atomic mass is 9.91. The van der Waals surface area contributed by atoms with Crippen LogP contribution in [0.2, 0.25) is 0 Å². The van der Waals surface area contributed by atoms with Crippen molar-refractivity contribution in [3.63, 3.8) is 0 Å². The Morgan fingerprint density at radius 1 is 0.929 bits per heavy atom. The topological polar surface area (TPSA) is 176 Å². The number of nitrogens with two attached hydrogens (primary N) is 1. The Balaban J connectivity index is 4.23. The summed E-state index contributed by atoms with van der Waals surface area (Å²) in [5.41, 5.74) is 5.15. The molecular weight excluding hydrogens is 370 g/mol. The molecule has 2 amide bonds. The molecule has 0 saturated carbocycles. The zero-order chi connectivity index (χ0) is 21.5. The van der Waals surface area contributed by atoms with Gasteiger partial charge in [-0.25, -0.2) is 4.79 Å². The van der Waals surface area contributed by atoms with E-state index in [1.807, 2.05) is 6.92 Å². The lowest BCUT2D eigenvalue weighted by molar-refractivity contribution is -0.142. The van der Waals surface area contributed by atoms with Gasteiger partial charge >= 0.3 is 11.9 Å². The van der Waals surface area contributed by atoms with Crippen LogP contribution >= 0.6 is 0 Å². The first-order chi connectivity index (χ1) is 13.2. The summed E-state index contributed by atoms with van der Waals surface area (Å²) in [6.45, 7) is 1.82. The zero-order valence-corrected chi connectivity index (χ0v) is 16.2. The highest BCUT2D eigenvalue weighted by Crippen LogP contribution is 2.17. The molecule has 0 heterocycles. The van der Waals surface area contributed by atoms with E-state index in [4.69, 9.17) is 15.9 Å². The molecule has 0 rings (SSSR count). The van der Waals surface area contributed by atoms with Crippen LogP contribution in [-0.2, 0) is 24.0 Å². The lowest BCUT2D eigenvalue weighted by Crippen LogP contribution is -2.43. The molecule has 0 spiro atoms. The number of hydrogen-bond acceptors (Lipinski definition) is 6. The van der Waals surface area contributed by atoms with Gasteiger partial charge in [0, 0.05) is 31.7 Å². The maximum Gasteiger partial charge on any atom is 0.326 e. The van der Waals surface area contributed by atoms with Gasteiger partial charge in [-0.05, 0) is 32.1 Å². The summed E-state index contributed by atoms with van der Waals surface area (Å²) in [5.74, 6) is -3.30. The van der Waals surface area contributed by atoms with Crippen LogP contribution in [0.25, 0.3) is 0 Å². The first-order valence-corrected chi connectivity index (χ1v) is 9.44. The minimum atomic E-state index is -1.22. The van der Waals surface area contributed by atoms with Crippen LogP contribution in [0.4, 0.5) is 0 Å². The number of nitrogens with one attached hydrogen (secondary N) is 2. The molecule has 0 bridgehead atoms. The number of rotatable bonds is 16. The van der Waals surface area contributed by atoms with Crippen LogP contribution in [-0.4, -0.2) is 58.9 Å². The van der Waals surface area contributed by atoms with Gasteiger partial charge in [0.2, 0.25) is 11.8 Å². The first-order valence-electron chi connectivity index (χ1n) is 9.44. The van der Waals surface area contributed by atoms with E-state index in [1.54, 1.807) is 0 Å². The Morgan fingerprint density at radius 3 is 2.14 bits per heavy atom. The fourth-order valence-electron chi connectivity index (χ4n) is 2.66. The standard InChI is InChI=1S/C18H31N3O7/c1-2-12(5-3-6-15(23)20-10-4-7-17(25)26)14(22)9-8-13(18(27)28)21-16(24)11-19/h12-13H,2-11,19H2,1H3,(H,20,23)(H,21,24)(H,25,26)(H,27,28)/t12?,13-/m0/s1. The van der Waals surface area contributed by atoms with Crippen molar-refractivity contribution in [3.8, 4) is 0 Å². The third-order valence-corrected chi connectivity index (χ3v) is 4.29. The van der Waals surface area contributed by atoms with Gasteiger partial charge in [0.25, 0.3) is 0 Å². The van der Waals surface area contributed by atoms with Crippen LogP contribution < -0.4 is 16.4 Å². The van der Waals surface area contributed by atoms with Gasteiger partial charge in [-0.3, -0.25) is 19.2 Å². The highest BCUT2D eigenvalue weighted by molar-refractivity contribution is 5.86. The number of carbonyl (C=O) groups excluding carboxylic acids is 3. The van der Waals surface area contributed by atoms with Crippen molar-refractivity contribution in [2.75, 3.05) is 13.1 Å². The van der Waals surface area contributed by atoms with Gasteiger partial charge in [0.05, 0.1) is 6.54 Å². The van der Waals surface area contributed by atoms with Gasteiger partial charge in [-0.2, -0.15) is 0 Å². The van der Waals surface area contributed by atoms with Crippen molar-refractivity contribution < 1.29 is 34.2 Å². The molecule has 10 heteroatoms. The van der Waals surface area contributed by atoms with E-state index in [1.165, 1.54) is 0 Å². The molecule has 28 heavy (non-hydrogen) atoms. The van der Waals surface area contributed by atoms with Gasteiger partial charge in [0.15, 0.2) is 0 Å². The van der Waals surface area contributed by atoms with E-state index in [2.05, 4.69) is 10.6 Å². The molecule has 10 nitrogen and oxygen atoms in total. The molecule has 0 aromatic rings. The molecule has 0 radical (unpaired) electrons. The highest BCUT2D eigenvalue weighted by Gasteiger charge is 2.23. The quantitative estimate of drug-likeness (QED) is 0.225. The molecule has 0 saturated heterocycles. The second-order valence-electron chi connectivity index (χ2n) is 6.51. The van der Waals surface area contributed by atoms with Gasteiger partial charge in [0.1, 0.15) is 11.8 Å². The minimum Gasteiger partial charge on any atom is -0.481 e. The average Bonchev–Trinajstić information content (AvgIpc) is 2.64. The van der Waals surface area contributed by atoms with Crippen molar-refractivity contribution in [2.24, 2.45) is 11.7 Å². The zero-order valence-electron chi connectivity index (χ0n) is 16.2. The van der Waals surface area contributed by atoms with Crippen molar-refractivity contribution >= 4 is 29.5 Å². The number of carboxylic acids is 2. The highest BCUT2D eigenvalue weighted by atomic mass is 16.4. The largest absolute Gasteiger partial charge is 0.481 e.